The van der Waals surface area contributed by atoms with Crippen molar-refractivity contribution in [1.29, 1.82) is 5.41 Å². The molecule has 0 radical (unpaired) electrons. The highest BCUT2D eigenvalue weighted by atomic mass is 15.0. The van der Waals surface area contributed by atoms with Crippen LogP contribution in [0, 0.1) is 5.41 Å². The van der Waals surface area contributed by atoms with Crippen LogP contribution in [0.4, 0.5) is 5.69 Å². The van der Waals surface area contributed by atoms with Crippen molar-refractivity contribution in [2.45, 2.75) is 19.4 Å². The van der Waals surface area contributed by atoms with Crippen LogP contribution in [-0.2, 0) is 5.54 Å². The maximum absolute atomic E-state index is 8.61. The first-order valence-electron chi connectivity index (χ1n) is 12.2. The maximum atomic E-state index is 8.61. The molecule has 0 atom stereocenters. The molecule has 4 nitrogen and oxygen atoms in total. The number of benzene rings is 4. The molecule has 180 valence electrons. The third-order valence-corrected chi connectivity index (χ3v) is 6.29. The number of hydrogen-bond acceptors (Lipinski definition) is 4. The molecule has 36 heavy (non-hydrogen) atoms. The monoisotopic (exact) mass is 472 g/mol. The standard InChI is InChI=1S/C32H32N4/c1-3-35-23-26(22-33)25-19-20-31(30(21-25)24(2)34)36-32(27-13-7-4-8-14-27,28-15-9-5-10-16-28)29-17-11-6-12-18-29/h4-23,34,36H,3,33H2,1-2H3. The van der Waals surface area contributed by atoms with Gasteiger partial charge < -0.3 is 16.5 Å². The van der Waals surface area contributed by atoms with Crippen molar-refractivity contribution < 1.29 is 0 Å². The fourth-order valence-corrected chi connectivity index (χ4v) is 4.53. The minimum absolute atomic E-state index is 0.464. The van der Waals surface area contributed by atoms with Crippen LogP contribution >= 0.6 is 0 Å². The summed E-state index contributed by atoms with van der Waals surface area (Å²) in [5.41, 5.74) is 12.5. The van der Waals surface area contributed by atoms with Crippen LogP contribution in [0.15, 0.2) is 120 Å². The van der Waals surface area contributed by atoms with Crippen LogP contribution in [0.2, 0.25) is 0 Å². The summed E-state index contributed by atoms with van der Waals surface area (Å²) in [7, 11) is 0. The molecule has 0 heterocycles. The minimum Gasteiger partial charge on any atom is -0.404 e. The molecule has 0 aliphatic rings. The number of allylic oxidation sites excluding steroid dienone is 1. The van der Waals surface area contributed by atoms with Crippen LogP contribution in [0.1, 0.15) is 41.7 Å². The predicted molar refractivity (Wildman–Crippen MR) is 153 cm³/mol. The molecule has 4 rings (SSSR count). The third kappa shape index (κ3) is 4.98. The number of aliphatic imine (C=N–C) groups is 1. The fourth-order valence-electron chi connectivity index (χ4n) is 4.53. The zero-order valence-electron chi connectivity index (χ0n) is 20.8. The Balaban J connectivity index is 1.95. The minimum atomic E-state index is -0.675. The van der Waals surface area contributed by atoms with Gasteiger partial charge >= 0.3 is 0 Å². The summed E-state index contributed by atoms with van der Waals surface area (Å²) in [5.74, 6) is 0. The van der Waals surface area contributed by atoms with E-state index in [0.717, 1.165) is 39.1 Å². The second-order valence-corrected chi connectivity index (χ2v) is 8.61. The fraction of sp³-hybridized carbons (Fsp3) is 0.125. The van der Waals surface area contributed by atoms with E-state index in [1.807, 2.05) is 50.2 Å². The summed E-state index contributed by atoms with van der Waals surface area (Å²) in [5, 5.41) is 12.5. The Morgan fingerprint density at radius 2 is 1.33 bits per heavy atom. The van der Waals surface area contributed by atoms with Crippen LogP contribution < -0.4 is 11.1 Å². The second kappa shape index (κ2) is 11.3. The van der Waals surface area contributed by atoms with Crippen molar-refractivity contribution >= 4 is 23.2 Å². The summed E-state index contributed by atoms with van der Waals surface area (Å²) in [4.78, 5) is 4.35. The van der Waals surface area contributed by atoms with Gasteiger partial charge in [-0.25, -0.2) is 0 Å². The van der Waals surface area contributed by atoms with Crippen LogP contribution in [0.25, 0.3) is 5.57 Å². The maximum Gasteiger partial charge on any atom is 0.114 e. The van der Waals surface area contributed by atoms with E-state index < -0.39 is 5.54 Å². The Kier molecular flexibility index (Phi) is 7.76. The van der Waals surface area contributed by atoms with E-state index in [1.54, 1.807) is 12.4 Å². The van der Waals surface area contributed by atoms with Crippen molar-refractivity contribution in [3.8, 4) is 0 Å². The number of hydrogen-bond donors (Lipinski definition) is 3. The molecule has 0 spiro atoms. The van der Waals surface area contributed by atoms with E-state index in [-0.39, 0.29) is 0 Å². The lowest BCUT2D eigenvalue weighted by molar-refractivity contribution is 0.711. The highest BCUT2D eigenvalue weighted by Gasteiger charge is 2.36. The smallest absolute Gasteiger partial charge is 0.114 e. The molecule has 0 unspecified atom stereocenters. The van der Waals surface area contributed by atoms with Gasteiger partial charge in [-0.15, -0.1) is 0 Å². The zero-order valence-corrected chi connectivity index (χ0v) is 20.8. The van der Waals surface area contributed by atoms with E-state index >= 15 is 0 Å². The van der Waals surface area contributed by atoms with Crippen LogP contribution in [0.3, 0.4) is 0 Å². The molecule has 0 aliphatic heterocycles. The van der Waals surface area contributed by atoms with Crippen molar-refractivity contribution in [3.63, 3.8) is 0 Å². The Morgan fingerprint density at radius 1 is 0.833 bits per heavy atom. The zero-order chi connectivity index (χ0) is 25.4. The molecule has 0 aliphatic carbocycles. The quantitative estimate of drug-likeness (QED) is 0.184. The van der Waals surface area contributed by atoms with Gasteiger partial charge in [-0.1, -0.05) is 97.1 Å². The van der Waals surface area contributed by atoms with Gasteiger partial charge in [0.15, 0.2) is 0 Å². The molecule has 0 bridgehead atoms. The van der Waals surface area contributed by atoms with Gasteiger partial charge in [-0.3, -0.25) is 4.99 Å². The van der Waals surface area contributed by atoms with Crippen molar-refractivity contribution in [1.82, 2.24) is 0 Å². The SMILES string of the molecule is CCN=CC(=CN)c1ccc(NC(c2ccccc2)(c2ccccc2)c2ccccc2)c(C(C)=N)c1. The van der Waals surface area contributed by atoms with Gasteiger partial charge in [-0.05, 0) is 48.2 Å². The molecular weight excluding hydrogens is 440 g/mol. The number of nitrogens with two attached hydrogens (primary N) is 1. The molecule has 4 aromatic carbocycles. The Bertz CT molecular complexity index is 1260. The number of anilines is 1. The molecule has 4 N–H and O–H groups in total. The summed E-state index contributed by atoms with van der Waals surface area (Å²) in [6.45, 7) is 4.48. The second-order valence-electron chi connectivity index (χ2n) is 8.61. The third-order valence-electron chi connectivity index (χ3n) is 6.29. The number of rotatable bonds is 9. The summed E-state index contributed by atoms with van der Waals surface area (Å²) in [6, 6.07) is 37.4. The van der Waals surface area contributed by atoms with Crippen molar-refractivity contribution in [2.75, 3.05) is 11.9 Å². The van der Waals surface area contributed by atoms with Gasteiger partial charge in [0.1, 0.15) is 5.54 Å². The largest absolute Gasteiger partial charge is 0.404 e. The van der Waals surface area contributed by atoms with Crippen molar-refractivity contribution in [3.05, 3.63) is 143 Å². The molecule has 0 fully saturated rings. The van der Waals surface area contributed by atoms with E-state index in [1.165, 1.54) is 0 Å². The molecule has 4 heteroatoms. The van der Waals surface area contributed by atoms with E-state index in [4.69, 9.17) is 11.1 Å². The summed E-state index contributed by atoms with van der Waals surface area (Å²) < 4.78 is 0. The van der Waals surface area contributed by atoms with Gasteiger partial charge in [0, 0.05) is 41.5 Å². The first-order chi connectivity index (χ1) is 17.6. The van der Waals surface area contributed by atoms with Crippen LogP contribution in [-0.4, -0.2) is 18.5 Å². The van der Waals surface area contributed by atoms with Gasteiger partial charge in [-0.2, -0.15) is 0 Å². The predicted octanol–water partition coefficient (Wildman–Crippen LogP) is 6.87. The highest BCUT2D eigenvalue weighted by Crippen LogP contribution is 2.41. The van der Waals surface area contributed by atoms with Crippen molar-refractivity contribution in [2.24, 2.45) is 10.7 Å². The van der Waals surface area contributed by atoms with Crippen LogP contribution in [0.5, 0.6) is 0 Å². The topological polar surface area (TPSA) is 74.3 Å². The van der Waals surface area contributed by atoms with Gasteiger partial charge in [0.05, 0.1) is 0 Å². The average Bonchev–Trinajstić information content (AvgIpc) is 2.94. The molecule has 0 aromatic heterocycles. The Hall–Kier alpha value is -4.44. The lowest BCUT2D eigenvalue weighted by Crippen LogP contribution is -2.38. The molecule has 4 aromatic rings. The summed E-state index contributed by atoms with van der Waals surface area (Å²) in [6.07, 6.45) is 3.35. The molecule has 0 saturated heterocycles. The van der Waals surface area contributed by atoms with E-state index in [9.17, 15) is 0 Å². The molecule has 0 saturated carbocycles. The first kappa shape index (κ1) is 24.7. The molecular formula is C32H32N4. The summed E-state index contributed by atoms with van der Waals surface area (Å²) >= 11 is 0. The first-order valence-corrected chi connectivity index (χ1v) is 12.2. The van der Waals surface area contributed by atoms with Gasteiger partial charge in [0.2, 0.25) is 0 Å². The lowest BCUT2D eigenvalue weighted by atomic mass is 9.76. The number of nitrogens with one attached hydrogen (secondary N) is 2. The lowest BCUT2D eigenvalue weighted by Gasteiger charge is -2.38. The Labute approximate surface area is 213 Å². The normalized spacial score (nSPS) is 12.0. The van der Waals surface area contributed by atoms with E-state index in [0.29, 0.717) is 12.3 Å². The average molecular weight is 473 g/mol. The number of nitrogens with zero attached hydrogens (tertiary/aromatic N) is 1. The van der Waals surface area contributed by atoms with E-state index in [2.05, 4.69) is 83.1 Å². The molecule has 0 amide bonds. The highest BCUT2D eigenvalue weighted by molar-refractivity contribution is 6.11. The van der Waals surface area contributed by atoms with Gasteiger partial charge in [0.25, 0.3) is 0 Å². The Morgan fingerprint density at radius 3 is 1.75 bits per heavy atom.